The molecule has 2 aromatic carbocycles. The second-order valence-electron chi connectivity index (χ2n) is 6.37. The maximum Gasteiger partial charge on any atom is 0.230 e. The monoisotopic (exact) mass is 336 g/mol. The van der Waals surface area contributed by atoms with E-state index in [1.807, 2.05) is 61.5 Å². The van der Waals surface area contributed by atoms with Gasteiger partial charge in [-0.1, -0.05) is 43.3 Å². The second-order valence-corrected chi connectivity index (χ2v) is 6.37. The molecule has 2 aromatic rings. The summed E-state index contributed by atoms with van der Waals surface area (Å²) in [6, 6.07) is 17.4. The summed E-state index contributed by atoms with van der Waals surface area (Å²) in [4.78, 5) is 27.1. The second kappa shape index (κ2) is 7.51. The molecule has 0 spiro atoms. The van der Waals surface area contributed by atoms with Crippen LogP contribution in [0.2, 0.25) is 0 Å². The van der Waals surface area contributed by atoms with Crippen LogP contribution >= 0.6 is 0 Å². The Morgan fingerprint density at radius 3 is 2.36 bits per heavy atom. The lowest BCUT2D eigenvalue weighted by molar-refractivity contribution is -0.123. The molecule has 1 N–H and O–H groups in total. The molecule has 130 valence electrons. The van der Waals surface area contributed by atoms with Crippen molar-refractivity contribution < 1.29 is 9.59 Å². The zero-order chi connectivity index (χ0) is 17.8. The topological polar surface area (TPSA) is 49.4 Å². The average Bonchev–Trinajstić information content (AvgIpc) is 3.44. The van der Waals surface area contributed by atoms with E-state index in [2.05, 4.69) is 12.2 Å². The Morgan fingerprint density at radius 2 is 1.68 bits per heavy atom. The number of carbonyl (C=O) groups excluding carboxylic acids is 2. The van der Waals surface area contributed by atoms with Gasteiger partial charge in [0.25, 0.3) is 0 Å². The first-order valence-corrected chi connectivity index (χ1v) is 8.90. The molecule has 1 aliphatic carbocycles. The van der Waals surface area contributed by atoms with Crippen molar-refractivity contribution in [1.29, 1.82) is 0 Å². The number of hydrogen-bond acceptors (Lipinski definition) is 2. The van der Waals surface area contributed by atoms with Gasteiger partial charge in [-0.05, 0) is 43.5 Å². The molecule has 1 saturated carbocycles. The van der Waals surface area contributed by atoms with E-state index in [1.165, 1.54) is 0 Å². The Balaban J connectivity index is 1.65. The number of nitrogens with one attached hydrogen (secondary N) is 1. The van der Waals surface area contributed by atoms with Crippen LogP contribution in [0.4, 0.5) is 11.4 Å². The van der Waals surface area contributed by atoms with E-state index in [1.54, 1.807) is 4.90 Å². The SMILES string of the molecule is CCc1ccccc1NC(=O)C1CC1C(=O)N(CC)c1ccccc1. The van der Waals surface area contributed by atoms with E-state index in [4.69, 9.17) is 0 Å². The molecule has 3 rings (SSSR count). The van der Waals surface area contributed by atoms with Gasteiger partial charge in [0, 0.05) is 17.9 Å². The number of hydrogen-bond donors (Lipinski definition) is 1. The van der Waals surface area contributed by atoms with Crippen LogP contribution in [-0.4, -0.2) is 18.4 Å². The van der Waals surface area contributed by atoms with E-state index in [0.717, 1.165) is 23.4 Å². The standard InChI is InChI=1S/C21H24N2O2/c1-3-15-10-8-9-13-19(15)22-20(24)17-14-18(17)21(25)23(4-2)16-11-6-5-7-12-16/h5-13,17-18H,3-4,14H2,1-2H3,(H,22,24). The van der Waals surface area contributed by atoms with Crippen LogP contribution < -0.4 is 10.2 Å². The predicted molar refractivity (Wildman–Crippen MR) is 101 cm³/mol. The van der Waals surface area contributed by atoms with Crippen LogP contribution in [0.15, 0.2) is 54.6 Å². The first-order valence-electron chi connectivity index (χ1n) is 8.90. The van der Waals surface area contributed by atoms with Gasteiger partial charge < -0.3 is 10.2 Å². The maximum atomic E-state index is 12.8. The van der Waals surface area contributed by atoms with Crippen LogP contribution in [0.3, 0.4) is 0 Å². The van der Waals surface area contributed by atoms with Crippen molar-refractivity contribution in [2.45, 2.75) is 26.7 Å². The molecule has 25 heavy (non-hydrogen) atoms. The molecule has 2 atom stereocenters. The highest BCUT2D eigenvalue weighted by molar-refractivity contribution is 6.04. The quantitative estimate of drug-likeness (QED) is 0.870. The van der Waals surface area contributed by atoms with Crippen LogP contribution in [-0.2, 0) is 16.0 Å². The molecule has 0 heterocycles. The summed E-state index contributed by atoms with van der Waals surface area (Å²) in [6.07, 6.45) is 1.49. The minimum absolute atomic E-state index is 0.0395. The third kappa shape index (κ3) is 3.73. The van der Waals surface area contributed by atoms with Gasteiger partial charge in [-0.2, -0.15) is 0 Å². The van der Waals surface area contributed by atoms with Gasteiger partial charge in [-0.15, -0.1) is 0 Å². The Morgan fingerprint density at radius 1 is 1.00 bits per heavy atom. The lowest BCUT2D eigenvalue weighted by atomic mass is 10.1. The minimum Gasteiger partial charge on any atom is -0.326 e. The molecule has 4 heteroatoms. The highest BCUT2D eigenvalue weighted by atomic mass is 16.2. The normalized spacial score (nSPS) is 18.5. The van der Waals surface area contributed by atoms with Gasteiger partial charge in [-0.3, -0.25) is 9.59 Å². The van der Waals surface area contributed by atoms with Crippen molar-refractivity contribution in [3.05, 3.63) is 60.2 Å². The van der Waals surface area contributed by atoms with E-state index < -0.39 is 0 Å². The molecule has 0 aromatic heterocycles. The number of anilines is 2. The number of rotatable bonds is 6. The minimum atomic E-state index is -0.227. The largest absolute Gasteiger partial charge is 0.326 e. The van der Waals surface area contributed by atoms with Gasteiger partial charge >= 0.3 is 0 Å². The summed E-state index contributed by atoms with van der Waals surface area (Å²) >= 11 is 0. The Bertz CT molecular complexity index is 758. The maximum absolute atomic E-state index is 12.8. The first kappa shape index (κ1) is 17.2. The lowest BCUT2D eigenvalue weighted by Gasteiger charge is -2.21. The lowest BCUT2D eigenvalue weighted by Crippen LogP contribution is -2.33. The van der Waals surface area contributed by atoms with Crippen molar-refractivity contribution in [3.63, 3.8) is 0 Å². The van der Waals surface area contributed by atoms with Crippen LogP contribution in [0, 0.1) is 11.8 Å². The fraction of sp³-hybridized carbons (Fsp3) is 0.333. The van der Waals surface area contributed by atoms with Crippen LogP contribution in [0.25, 0.3) is 0 Å². The number of para-hydroxylation sites is 2. The molecule has 1 fully saturated rings. The van der Waals surface area contributed by atoms with Gasteiger partial charge in [0.05, 0.1) is 11.8 Å². The molecule has 0 aliphatic heterocycles. The van der Waals surface area contributed by atoms with Gasteiger partial charge in [0.2, 0.25) is 11.8 Å². The Labute approximate surface area is 148 Å². The zero-order valence-corrected chi connectivity index (χ0v) is 14.7. The van der Waals surface area contributed by atoms with E-state index >= 15 is 0 Å². The van der Waals surface area contributed by atoms with E-state index in [9.17, 15) is 9.59 Å². The number of carbonyl (C=O) groups is 2. The summed E-state index contributed by atoms with van der Waals surface area (Å²) in [7, 11) is 0. The Hall–Kier alpha value is -2.62. The van der Waals surface area contributed by atoms with Crippen molar-refractivity contribution in [2.75, 3.05) is 16.8 Å². The van der Waals surface area contributed by atoms with Gasteiger partial charge in [0.15, 0.2) is 0 Å². The van der Waals surface area contributed by atoms with Crippen molar-refractivity contribution in [2.24, 2.45) is 11.8 Å². The number of aryl methyl sites for hydroxylation is 1. The Kier molecular flexibility index (Phi) is 5.17. The molecule has 0 saturated heterocycles. The third-order valence-corrected chi connectivity index (χ3v) is 4.75. The van der Waals surface area contributed by atoms with Crippen LogP contribution in [0.5, 0.6) is 0 Å². The van der Waals surface area contributed by atoms with Crippen molar-refractivity contribution >= 4 is 23.2 Å². The molecule has 0 radical (unpaired) electrons. The van der Waals surface area contributed by atoms with Crippen molar-refractivity contribution in [3.8, 4) is 0 Å². The molecule has 2 amide bonds. The van der Waals surface area contributed by atoms with E-state index in [0.29, 0.717) is 13.0 Å². The zero-order valence-electron chi connectivity index (χ0n) is 14.7. The smallest absolute Gasteiger partial charge is 0.230 e. The van der Waals surface area contributed by atoms with Gasteiger partial charge in [-0.25, -0.2) is 0 Å². The first-order chi connectivity index (χ1) is 12.2. The molecule has 4 nitrogen and oxygen atoms in total. The molecule has 2 unspecified atom stereocenters. The highest BCUT2D eigenvalue weighted by Crippen LogP contribution is 2.41. The average molecular weight is 336 g/mol. The van der Waals surface area contributed by atoms with Crippen molar-refractivity contribution in [1.82, 2.24) is 0 Å². The summed E-state index contributed by atoms with van der Waals surface area (Å²) in [5, 5.41) is 3.00. The summed E-state index contributed by atoms with van der Waals surface area (Å²) < 4.78 is 0. The van der Waals surface area contributed by atoms with E-state index in [-0.39, 0.29) is 23.7 Å². The summed E-state index contributed by atoms with van der Waals surface area (Å²) in [6.45, 7) is 4.62. The number of benzene rings is 2. The molecular weight excluding hydrogens is 312 g/mol. The molecule has 0 bridgehead atoms. The molecule has 1 aliphatic rings. The van der Waals surface area contributed by atoms with Crippen LogP contribution in [0.1, 0.15) is 25.8 Å². The number of amides is 2. The highest BCUT2D eigenvalue weighted by Gasteiger charge is 2.49. The summed E-state index contributed by atoms with van der Waals surface area (Å²) in [5.41, 5.74) is 2.85. The van der Waals surface area contributed by atoms with Gasteiger partial charge in [0.1, 0.15) is 0 Å². The fourth-order valence-electron chi connectivity index (χ4n) is 3.21. The molecular formula is C21H24N2O2. The number of nitrogens with zero attached hydrogens (tertiary/aromatic N) is 1. The third-order valence-electron chi connectivity index (χ3n) is 4.75. The predicted octanol–water partition coefficient (Wildman–Crippen LogP) is 3.88. The summed E-state index contributed by atoms with van der Waals surface area (Å²) in [5.74, 6) is -0.454. The fourth-order valence-corrected chi connectivity index (χ4v) is 3.21.